The van der Waals surface area contributed by atoms with E-state index in [1.165, 1.54) is 18.4 Å². The molecular weight excluding hydrogens is 242 g/mol. The van der Waals surface area contributed by atoms with E-state index in [0.717, 1.165) is 25.2 Å². The monoisotopic (exact) mass is 261 g/mol. The van der Waals surface area contributed by atoms with Gasteiger partial charge in [0.2, 0.25) is 0 Å². The third-order valence-electron chi connectivity index (χ3n) is 4.14. The van der Waals surface area contributed by atoms with E-state index in [9.17, 15) is 4.79 Å². The number of nitrogens with zero attached hydrogens (tertiary/aromatic N) is 1. The number of likely N-dealkylation sites (tertiary alicyclic amines) is 1. The first-order chi connectivity index (χ1) is 9.24. The quantitative estimate of drug-likeness (QED) is 0.812. The molecule has 2 heterocycles. The van der Waals surface area contributed by atoms with Crippen LogP contribution in [0.25, 0.3) is 0 Å². The molecule has 1 saturated heterocycles. The summed E-state index contributed by atoms with van der Waals surface area (Å²) in [5, 5.41) is 6.81. The molecule has 0 aliphatic carbocycles. The largest absolute Gasteiger partial charge is 0.453 e. The second-order valence-electron chi connectivity index (χ2n) is 5.08. The fourth-order valence-electron chi connectivity index (χ4n) is 3.17. The lowest BCUT2D eigenvalue weighted by Gasteiger charge is -2.34. The standard InChI is InChI=1S/C14H19N3O2/c1-15-12-5-3-4-9-10-8-17(14(18)19-2)7-6-11(10)16-13(9)12/h3-5,10-11,15-16H,6-8H2,1-2H3. The number of anilines is 2. The Morgan fingerprint density at radius 2 is 2.37 bits per heavy atom. The molecule has 2 unspecified atom stereocenters. The van der Waals surface area contributed by atoms with Crippen LogP contribution in [0.15, 0.2) is 18.2 Å². The highest BCUT2D eigenvalue weighted by Crippen LogP contribution is 2.43. The van der Waals surface area contributed by atoms with Gasteiger partial charge < -0.3 is 20.3 Å². The number of ether oxygens (including phenoxy) is 1. The van der Waals surface area contributed by atoms with Crippen molar-refractivity contribution >= 4 is 17.5 Å². The van der Waals surface area contributed by atoms with Crippen LogP contribution in [0.1, 0.15) is 17.9 Å². The van der Waals surface area contributed by atoms with Crippen LogP contribution >= 0.6 is 0 Å². The Balaban J connectivity index is 1.88. The molecule has 5 heteroatoms. The van der Waals surface area contributed by atoms with Gasteiger partial charge >= 0.3 is 6.09 Å². The zero-order chi connectivity index (χ0) is 13.4. The Hall–Kier alpha value is -1.91. The van der Waals surface area contributed by atoms with Gasteiger partial charge in [-0.25, -0.2) is 4.79 Å². The van der Waals surface area contributed by atoms with E-state index in [-0.39, 0.29) is 6.09 Å². The maximum atomic E-state index is 11.7. The van der Waals surface area contributed by atoms with E-state index in [4.69, 9.17) is 4.74 Å². The van der Waals surface area contributed by atoms with Gasteiger partial charge in [-0.05, 0) is 18.1 Å². The van der Waals surface area contributed by atoms with Gasteiger partial charge in [0.05, 0.1) is 18.5 Å². The Morgan fingerprint density at radius 1 is 1.53 bits per heavy atom. The Bertz CT molecular complexity index is 503. The van der Waals surface area contributed by atoms with Gasteiger partial charge in [-0.3, -0.25) is 0 Å². The molecule has 5 nitrogen and oxygen atoms in total. The minimum atomic E-state index is -0.225. The molecule has 2 aliphatic heterocycles. The van der Waals surface area contributed by atoms with Crippen LogP contribution in [0.2, 0.25) is 0 Å². The molecule has 1 fully saturated rings. The minimum absolute atomic E-state index is 0.225. The fraction of sp³-hybridized carbons (Fsp3) is 0.500. The van der Waals surface area contributed by atoms with Crippen molar-refractivity contribution in [2.45, 2.75) is 18.4 Å². The van der Waals surface area contributed by atoms with Crippen molar-refractivity contribution in [2.24, 2.45) is 0 Å². The first kappa shape index (κ1) is 12.1. The van der Waals surface area contributed by atoms with Gasteiger partial charge in [-0.1, -0.05) is 12.1 Å². The number of rotatable bonds is 1. The minimum Gasteiger partial charge on any atom is -0.453 e. The average Bonchev–Trinajstić information content (AvgIpc) is 2.84. The van der Waals surface area contributed by atoms with Crippen molar-refractivity contribution in [3.63, 3.8) is 0 Å². The molecule has 19 heavy (non-hydrogen) atoms. The zero-order valence-corrected chi connectivity index (χ0v) is 11.3. The van der Waals surface area contributed by atoms with Crippen LogP contribution in [-0.2, 0) is 4.74 Å². The zero-order valence-electron chi connectivity index (χ0n) is 11.3. The van der Waals surface area contributed by atoms with Crippen LogP contribution in [0.4, 0.5) is 16.2 Å². The molecule has 0 saturated carbocycles. The number of fused-ring (bicyclic) bond motifs is 3. The number of benzene rings is 1. The highest BCUT2D eigenvalue weighted by atomic mass is 16.5. The van der Waals surface area contributed by atoms with Gasteiger partial charge in [0.15, 0.2) is 0 Å². The highest BCUT2D eigenvalue weighted by Gasteiger charge is 2.39. The average molecular weight is 261 g/mol. The first-order valence-electron chi connectivity index (χ1n) is 6.64. The molecule has 2 atom stereocenters. The van der Waals surface area contributed by atoms with E-state index in [0.29, 0.717) is 12.0 Å². The van der Waals surface area contributed by atoms with Gasteiger partial charge in [-0.2, -0.15) is 0 Å². The number of hydrogen-bond donors (Lipinski definition) is 2. The van der Waals surface area contributed by atoms with E-state index in [1.807, 2.05) is 7.05 Å². The summed E-state index contributed by atoms with van der Waals surface area (Å²) in [6.07, 6.45) is 0.731. The lowest BCUT2D eigenvalue weighted by atomic mass is 9.89. The van der Waals surface area contributed by atoms with Crippen molar-refractivity contribution in [1.29, 1.82) is 0 Å². The third-order valence-corrected chi connectivity index (χ3v) is 4.14. The summed E-state index contributed by atoms with van der Waals surface area (Å²) in [4.78, 5) is 13.5. The summed E-state index contributed by atoms with van der Waals surface area (Å²) in [5.41, 5.74) is 3.61. The van der Waals surface area contributed by atoms with Gasteiger partial charge in [0.25, 0.3) is 0 Å². The molecular formula is C14H19N3O2. The van der Waals surface area contributed by atoms with Crippen LogP contribution in [-0.4, -0.2) is 44.3 Å². The predicted octanol–water partition coefficient (Wildman–Crippen LogP) is 2.08. The van der Waals surface area contributed by atoms with E-state index in [2.05, 4.69) is 28.8 Å². The molecule has 102 valence electrons. The SMILES string of the molecule is CNc1cccc2c1NC1CCN(C(=O)OC)CC21. The summed E-state index contributed by atoms with van der Waals surface area (Å²) >= 11 is 0. The molecule has 0 bridgehead atoms. The number of para-hydroxylation sites is 1. The summed E-state index contributed by atoms with van der Waals surface area (Å²) in [6.45, 7) is 1.48. The molecule has 3 rings (SSSR count). The molecule has 1 aromatic carbocycles. The number of amides is 1. The molecule has 0 spiro atoms. The van der Waals surface area contributed by atoms with Crippen molar-refractivity contribution in [1.82, 2.24) is 4.90 Å². The second kappa shape index (κ2) is 4.64. The van der Waals surface area contributed by atoms with Crippen LogP contribution in [0.5, 0.6) is 0 Å². The van der Waals surface area contributed by atoms with E-state index in [1.54, 1.807) is 4.90 Å². The second-order valence-corrected chi connectivity index (χ2v) is 5.08. The third kappa shape index (κ3) is 1.89. The first-order valence-corrected chi connectivity index (χ1v) is 6.64. The van der Waals surface area contributed by atoms with Gasteiger partial charge in [-0.15, -0.1) is 0 Å². The van der Waals surface area contributed by atoms with Gasteiger partial charge in [0.1, 0.15) is 0 Å². The Morgan fingerprint density at radius 3 is 3.11 bits per heavy atom. The summed E-state index contributed by atoms with van der Waals surface area (Å²) in [6, 6.07) is 6.70. The fourth-order valence-corrected chi connectivity index (χ4v) is 3.17. The number of methoxy groups -OCH3 is 1. The number of nitrogens with one attached hydrogen (secondary N) is 2. The Kier molecular flexibility index (Phi) is 2.97. The Labute approximate surface area is 112 Å². The summed E-state index contributed by atoms with van der Waals surface area (Å²) < 4.78 is 4.83. The number of carbonyl (C=O) groups is 1. The van der Waals surface area contributed by atoms with Crippen molar-refractivity contribution < 1.29 is 9.53 Å². The van der Waals surface area contributed by atoms with Crippen LogP contribution in [0, 0.1) is 0 Å². The lowest BCUT2D eigenvalue weighted by Crippen LogP contribution is -2.44. The molecule has 0 radical (unpaired) electrons. The van der Waals surface area contributed by atoms with Gasteiger partial charge in [0, 0.05) is 32.1 Å². The highest BCUT2D eigenvalue weighted by molar-refractivity contribution is 5.77. The molecule has 0 aromatic heterocycles. The molecule has 2 aliphatic rings. The summed E-state index contributed by atoms with van der Waals surface area (Å²) in [5.74, 6) is 0.358. The topological polar surface area (TPSA) is 53.6 Å². The van der Waals surface area contributed by atoms with Crippen LogP contribution in [0.3, 0.4) is 0 Å². The lowest BCUT2D eigenvalue weighted by molar-refractivity contribution is 0.110. The van der Waals surface area contributed by atoms with Crippen molar-refractivity contribution in [3.05, 3.63) is 23.8 Å². The van der Waals surface area contributed by atoms with E-state index >= 15 is 0 Å². The van der Waals surface area contributed by atoms with E-state index < -0.39 is 0 Å². The normalized spacial score (nSPS) is 24.2. The maximum Gasteiger partial charge on any atom is 0.409 e. The number of piperidine rings is 1. The maximum absolute atomic E-state index is 11.7. The van der Waals surface area contributed by atoms with Crippen molar-refractivity contribution in [3.8, 4) is 0 Å². The molecule has 1 amide bonds. The molecule has 2 N–H and O–H groups in total. The summed E-state index contributed by atoms with van der Waals surface area (Å²) in [7, 11) is 3.37. The van der Waals surface area contributed by atoms with Crippen LogP contribution < -0.4 is 10.6 Å². The molecule has 1 aromatic rings. The number of hydrogen-bond acceptors (Lipinski definition) is 4. The predicted molar refractivity (Wildman–Crippen MR) is 74.7 cm³/mol. The van der Waals surface area contributed by atoms with Crippen molar-refractivity contribution in [2.75, 3.05) is 37.9 Å². The number of carbonyl (C=O) groups excluding carboxylic acids is 1. The smallest absolute Gasteiger partial charge is 0.409 e.